The van der Waals surface area contributed by atoms with Gasteiger partial charge in [-0.3, -0.25) is 4.90 Å². The van der Waals surface area contributed by atoms with Crippen LogP contribution in [0.4, 0.5) is 4.79 Å². The van der Waals surface area contributed by atoms with Crippen molar-refractivity contribution in [2.24, 2.45) is 0 Å². The first-order valence-corrected chi connectivity index (χ1v) is 4.36. The van der Waals surface area contributed by atoms with Crippen LogP contribution in [-0.2, 0) is 0 Å². The van der Waals surface area contributed by atoms with Crippen molar-refractivity contribution in [2.75, 3.05) is 12.3 Å². The molecule has 0 aromatic heterocycles. The minimum absolute atomic E-state index is 0.0440. The Labute approximate surface area is 69.1 Å². The van der Waals surface area contributed by atoms with Crippen molar-refractivity contribution >= 4 is 17.8 Å². The average Bonchev–Trinajstić information content (AvgIpc) is 2.34. The maximum Gasteiger partial charge on any atom is 0.326 e. The van der Waals surface area contributed by atoms with Gasteiger partial charge in [0.1, 0.15) is 0 Å². The highest BCUT2D eigenvalue weighted by Crippen LogP contribution is 2.34. The Morgan fingerprint density at radius 2 is 2.55 bits per heavy atom. The summed E-state index contributed by atoms with van der Waals surface area (Å²) in [6.07, 6.45) is 2.00. The van der Waals surface area contributed by atoms with Gasteiger partial charge in [-0.15, -0.1) is 11.8 Å². The molecule has 2 amide bonds. The zero-order valence-electron chi connectivity index (χ0n) is 5.96. The number of nitrogens with zero attached hydrogens (tertiary/aromatic N) is 1. The van der Waals surface area contributed by atoms with Crippen molar-refractivity contribution in [1.82, 2.24) is 10.2 Å². The van der Waals surface area contributed by atoms with Gasteiger partial charge in [-0.25, -0.2) is 4.79 Å². The van der Waals surface area contributed by atoms with E-state index in [1.54, 1.807) is 16.7 Å². The highest BCUT2D eigenvalue weighted by molar-refractivity contribution is 8.03. The first-order chi connectivity index (χ1) is 5.29. The van der Waals surface area contributed by atoms with Crippen LogP contribution in [-0.4, -0.2) is 23.2 Å². The molecular formula is C7H8N2OS. The van der Waals surface area contributed by atoms with Crippen molar-refractivity contribution in [3.05, 3.63) is 23.4 Å². The maximum absolute atomic E-state index is 11.2. The van der Waals surface area contributed by atoms with E-state index in [1.807, 2.05) is 6.08 Å². The smallest absolute Gasteiger partial charge is 0.326 e. The van der Waals surface area contributed by atoms with Crippen LogP contribution in [0.5, 0.6) is 0 Å². The van der Waals surface area contributed by atoms with Crippen LogP contribution in [0.2, 0.25) is 0 Å². The topological polar surface area (TPSA) is 32.3 Å². The Morgan fingerprint density at radius 3 is 3.27 bits per heavy atom. The van der Waals surface area contributed by atoms with E-state index in [9.17, 15) is 4.79 Å². The molecular weight excluding hydrogens is 160 g/mol. The van der Waals surface area contributed by atoms with E-state index in [2.05, 4.69) is 11.9 Å². The van der Waals surface area contributed by atoms with Crippen molar-refractivity contribution < 1.29 is 4.79 Å². The largest absolute Gasteiger partial charge is 0.334 e. The molecule has 0 aromatic carbocycles. The van der Waals surface area contributed by atoms with Crippen LogP contribution in [0, 0.1) is 0 Å². The van der Waals surface area contributed by atoms with E-state index >= 15 is 0 Å². The monoisotopic (exact) mass is 168 g/mol. The van der Waals surface area contributed by atoms with Crippen LogP contribution in [0.15, 0.2) is 23.4 Å². The minimum Gasteiger partial charge on any atom is -0.334 e. The predicted octanol–water partition coefficient (Wildman–Crippen LogP) is 1.11. The lowest BCUT2D eigenvalue weighted by atomic mass is 10.4. The molecule has 11 heavy (non-hydrogen) atoms. The fourth-order valence-electron chi connectivity index (χ4n) is 1.14. The highest BCUT2D eigenvalue weighted by Gasteiger charge is 2.29. The third-order valence-electron chi connectivity index (χ3n) is 1.66. The zero-order valence-corrected chi connectivity index (χ0v) is 6.78. The molecule has 1 N–H and O–H groups in total. The summed E-state index contributed by atoms with van der Waals surface area (Å²) in [5.74, 6) is 0.833. The number of amides is 2. The molecule has 1 fully saturated rings. The Balaban J connectivity index is 2.36. The summed E-state index contributed by atoms with van der Waals surface area (Å²) in [5.41, 5.74) is 0.874. The van der Waals surface area contributed by atoms with Gasteiger partial charge in [0.05, 0.1) is 5.03 Å². The van der Waals surface area contributed by atoms with Gasteiger partial charge >= 0.3 is 6.03 Å². The average molecular weight is 168 g/mol. The van der Waals surface area contributed by atoms with Crippen molar-refractivity contribution in [2.45, 2.75) is 0 Å². The van der Waals surface area contributed by atoms with Crippen molar-refractivity contribution in [3.8, 4) is 0 Å². The molecule has 0 atom stereocenters. The third kappa shape index (κ3) is 0.939. The van der Waals surface area contributed by atoms with Gasteiger partial charge in [-0.2, -0.15) is 0 Å². The fraction of sp³-hybridized carbons (Fsp3) is 0.286. The van der Waals surface area contributed by atoms with Crippen LogP contribution in [0.1, 0.15) is 0 Å². The van der Waals surface area contributed by atoms with Gasteiger partial charge in [-0.05, 0) is 6.08 Å². The van der Waals surface area contributed by atoms with Gasteiger partial charge in [0.25, 0.3) is 0 Å². The second-order valence-corrected chi connectivity index (χ2v) is 3.41. The summed E-state index contributed by atoms with van der Waals surface area (Å²) in [4.78, 5) is 12.8. The minimum atomic E-state index is -0.0440. The quantitative estimate of drug-likeness (QED) is 0.587. The molecule has 58 valence electrons. The summed E-state index contributed by atoms with van der Waals surface area (Å²) < 4.78 is 0. The Hall–Kier alpha value is -0.900. The van der Waals surface area contributed by atoms with Crippen LogP contribution >= 0.6 is 11.8 Å². The van der Waals surface area contributed by atoms with E-state index in [0.717, 1.165) is 16.5 Å². The second-order valence-electron chi connectivity index (χ2n) is 2.42. The lowest BCUT2D eigenvalue weighted by Crippen LogP contribution is -2.39. The van der Waals surface area contributed by atoms with Gasteiger partial charge in [0.15, 0.2) is 0 Å². The number of hydrogen-bond donors (Lipinski definition) is 1. The lowest BCUT2D eigenvalue weighted by Gasteiger charge is -2.22. The molecule has 2 aliphatic rings. The SMILES string of the molecule is C=C1CSC2=CCNC(=O)N12. The molecule has 0 radical (unpaired) electrons. The Bertz CT molecular complexity index is 259. The molecule has 2 heterocycles. The van der Waals surface area contributed by atoms with Crippen molar-refractivity contribution in [3.63, 3.8) is 0 Å². The van der Waals surface area contributed by atoms with Crippen LogP contribution in [0.3, 0.4) is 0 Å². The number of fused-ring (bicyclic) bond motifs is 1. The molecule has 1 saturated heterocycles. The molecule has 2 aliphatic heterocycles. The van der Waals surface area contributed by atoms with Gasteiger partial charge in [0.2, 0.25) is 0 Å². The summed E-state index contributed by atoms with van der Waals surface area (Å²) in [6.45, 7) is 4.44. The number of thioether (sulfide) groups is 1. The molecule has 0 unspecified atom stereocenters. The first-order valence-electron chi connectivity index (χ1n) is 3.38. The Morgan fingerprint density at radius 1 is 1.73 bits per heavy atom. The molecule has 0 aliphatic carbocycles. The molecule has 0 aromatic rings. The lowest BCUT2D eigenvalue weighted by molar-refractivity contribution is 0.223. The highest BCUT2D eigenvalue weighted by atomic mass is 32.2. The number of nitrogens with one attached hydrogen (secondary N) is 1. The number of carbonyl (C=O) groups is 1. The maximum atomic E-state index is 11.2. The van der Waals surface area contributed by atoms with E-state index in [4.69, 9.17) is 0 Å². The second kappa shape index (κ2) is 2.30. The molecule has 0 spiro atoms. The summed E-state index contributed by atoms with van der Waals surface area (Å²) >= 11 is 1.66. The summed E-state index contributed by atoms with van der Waals surface area (Å²) in [6, 6.07) is -0.0440. The zero-order chi connectivity index (χ0) is 7.84. The molecule has 3 nitrogen and oxygen atoms in total. The standard InChI is InChI=1S/C7H8N2OS/c1-5-4-11-6-2-3-8-7(10)9(5)6/h2H,1,3-4H2,(H,8,10). The Kier molecular flexibility index (Phi) is 1.42. The summed E-state index contributed by atoms with van der Waals surface area (Å²) in [7, 11) is 0. The van der Waals surface area contributed by atoms with E-state index in [0.29, 0.717) is 6.54 Å². The van der Waals surface area contributed by atoms with Gasteiger partial charge in [-0.1, -0.05) is 6.58 Å². The number of rotatable bonds is 0. The molecule has 0 saturated carbocycles. The van der Waals surface area contributed by atoms with Crippen molar-refractivity contribution in [1.29, 1.82) is 0 Å². The normalized spacial score (nSPS) is 22.9. The van der Waals surface area contributed by atoms with E-state index in [-0.39, 0.29) is 6.03 Å². The third-order valence-corrected chi connectivity index (χ3v) is 2.78. The molecule has 4 heteroatoms. The summed E-state index contributed by atoms with van der Waals surface area (Å²) in [5, 5.41) is 3.75. The van der Waals surface area contributed by atoms with Crippen LogP contribution < -0.4 is 5.32 Å². The van der Waals surface area contributed by atoms with E-state index in [1.165, 1.54) is 0 Å². The number of urea groups is 1. The fourth-order valence-corrected chi connectivity index (χ4v) is 2.13. The number of carbonyl (C=O) groups excluding carboxylic acids is 1. The predicted molar refractivity (Wildman–Crippen MR) is 44.9 cm³/mol. The first kappa shape index (κ1) is 6.79. The number of hydrogen-bond acceptors (Lipinski definition) is 2. The van der Waals surface area contributed by atoms with Crippen LogP contribution in [0.25, 0.3) is 0 Å². The van der Waals surface area contributed by atoms with Gasteiger partial charge in [0, 0.05) is 18.0 Å². The van der Waals surface area contributed by atoms with Gasteiger partial charge < -0.3 is 5.32 Å². The van der Waals surface area contributed by atoms with E-state index < -0.39 is 0 Å². The molecule has 0 bridgehead atoms. The molecule has 2 rings (SSSR count).